The lowest BCUT2D eigenvalue weighted by Gasteiger charge is -2.10. The molecule has 0 aliphatic carbocycles. The molecule has 206 valence electrons. The summed E-state index contributed by atoms with van der Waals surface area (Å²) in [6.07, 6.45) is 17.6. The molecule has 0 bridgehead atoms. The number of ether oxygens (including phenoxy) is 1. The fourth-order valence-electron chi connectivity index (χ4n) is 4.54. The fourth-order valence-corrected chi connectivity index (χ4v) is 5.14. The minimum absolute atomic E-state index is 0.114. The van der Waals surface area contributed by atoms with Gasteiger partial charge in [0, 0.05) is 11.3 Å². The Morgan fingerprint density at radius 1 is 0.868 bits per heavy atom. The minimum atomic E-state index is -0.412. The average Bonchev–Trinajstić information content (AvgIpc) is 3.42. The molecular formula is C32H44FN2O2S+. The highest BCUT2D eigenvalue weighted by atomic mass is 32.1. The van der Waals surface area contributed by atoms with Crippen molar-refractivity contribution >= 4 is 22.9 Å². The molecule has 0 spiro atoms. The summed E-state index contributed by atoms with van der Waals surface area (Å²) >= 11 is 1.66. The smallest absolute Gasteiger partial charge is 0.228 e. The number of nitrogens with zero attached hydrogens (tertiary/aromatic N) is 1. The summed E-state index contributed by atoms with van der Waals surface area (Å²) in [5.74, 6) is -0.324. The van der Waals surface area contributed by atoms with E-state index >= 15 is 0 Å². The highest BCUT2D eigenvalue weighted by Gasteiger charge is 2.10. The molecule has 1 N–H and O–H groups in total. The normalized spacial score (nSPS) is 11.0. The van der Waals surface area contributed by atoms with E-state index in [0.717, 1.165) is 30.6 Å². The number of carbonyl (C=O) groups is 1. The second-order valence-electron chi connectivity index (χ2n) is 10.1. The molecule has 3 rings (SSSR count). The van der Waals surface area contributed by atoms with E-state index in [4.69, 9.17) is 4.74 Å². The molecule has 4 nitrogen and oxygen atoms in total. The first-order chi connectivity index (χ1) is 18.6. The number of rotatable bonds is 19. The number of anilines is 1. The first-order valence-electron chi connectivity index (χ1n) is 14.4. The highest BCUT2D eigenvalue weighted by Crippen LogP contribution is 2.20. The quantitative estimate of drug-likeness (QED) is 0.123. The van der Waals surface area contributed by atoms with E-state index in [1.165, 1.54) is 70.3 Å². The number of hydrogen-bond donors (Lipinski definition) is 1. The van der Waals surface area contributed by atoms with Crippen LogP contribution in [0.15, 0.2) is 59.6 Å². The molecule has 0 fully saturated rings. The summed E-state index contributed by atoms with van der Waals surface area (Å²) in [4.78, 5) is 12.5. The predicted octanol–water partition coefficient (Wildman–Crippen LogP) is 8.48. The van der Waals surface area contributed by atoms with Gasteiger partial charge in [-0.05, 0) is 36.2 Å². The third-order valence-electron chi connectivity index (χ3n) is 6.75. The number of halogens is 1. The van der Waals surface area contributed by atoms with Crippen molar-refractivity contribution in [2.75, 3.05) is 11.9 Å². The van der Waals surface area contributed by atoms with Crippen molar-refractivity contribution in [1.82, 2.24) is 0 Å². The SMILES string of the molecule is CCCCCCCCCCCCCCOc1ccc(CC(=O)Nc2ccc(C[n+]3ccsc3)cc2)cc1F. The van der Waals surface area contributed by atoms with Crippen LogP contribution < -0.4 is 14.6 Å². The summed E-state index contributed by atoms with van der Waals surface area (Å²) in [5.41, 5.74) is 4.58. The van der Waals surface area contributed by atoms with Crippen LogP contribution in [0.1, 0.15) is 95.1 Å². The molecule has 0 aliphatic heterocycles. The molecule has 3 aromatic rings. The summed E-state index contributed by atoms with van der Waals surface area (Å²) in [7, 11) is 0. The standard InChI is InChI=1S/C32H43FN2O2S/c1-2-3-4-5-6-7-8-9-10-11-12-13-21-37-31-19-16-28(23-30(31)33)24-32(36)34-29-17-14-27(15-18-29)25-35-20-22-38-26-35/h14-20,22-23,26H,2-13,21,24-25H2,1H3/p+1. The van der Waals surface area contributed by atoms with E-state index in [0.29, 0.717) is 12.2 Å². The first kappa shape index (κ1) is 29.8. The van der Waals surface area contributed by atoms with E-state index < -0.39 is 5.82 Å². The number of nitrogens with one attached hydrogen (secondary N) is 1. The second-order valence-corrected chi connectivity index (χ2v) is 10.9. The monoisotopic (exact) mass is 539 g/mol. The average molecular weight is 540 g/mol. The lowest BCUT2D eigenvalue weighted by atomic mass is 10.1. The molecule has 2 aromatic carbocycles. The molecule has 0 unspecified atom stereocenters. The van der Waals surface area contributed by atoms with Gasteiger partial charge in [0.2, 0.25) is 11.4 Å². The van der Waals surface area contributed by atoms with Crippen molar-refractivity contribution < 1.29 is 18.5 Å². The van der Waals surface area contributed by atoms with Gasteiger partial charge in [-0.1, -0.05) is 107 Å². The van der Waals surface area contributed by atoms with Gasteiger partial charge >= 0.3 is 0 Å². The van der Waals surface area contributed by atoms with E-state index in [1.807, 2.05) is 35.8 Å². The van der Waals surface area contributed by atoms with Crippen molar-refractivity contribution in [3.8, 4) is 5.75 Å². The van der Waals surface area contributed by atoms with Gasteiger partial charge in [-0.2, -0.15) is 4.57 Å². The Hall–Kier alpha value is -2.73. The number of benzene rings is 2. The van der Waals surface area contributed by atoms with Crippen LogP contribution in [0.4, 0.5) is 10.1 Å². The van der Waals surface area contributed by atoms with Gasteiger partial charge in [-0.3, -0.25) is 4.79 Å². The molecule has 0 saturated heterocycles. The third kappa shape index (κ3) is 11.8. The predicted molar refractivity (Wildman–Crippen MR) is 155 cm³/mol. The van der Waals surface area contributed by atoms with Crippen LogP contribution in [-0.4, -0.2) is 12.5 Å². The van der Waals surface area contributed by atoms with Crippen LogP contribution in [0.3, 0.4) is 0 Å². The van der Waals surface area contributed by atoms with Crippen molar-refractivity contribution in [2.24, 2.45) is 0 Å². The molecule has 38 heavy (non-hydrogen) atoms. The van der Waals surface area contributed by atoms with Crippen molar-refractivity contribution in [2.45, 2.75) is 96.9 Å². The fraction of sp³-hybridized carbons (Fsp3) is 0.500. The molecule has 0 radical (unpaired) electrons. The lowest BCUT2D eigenvalue weighted by Crippen LogP contribution is -2.30. The molecule has 1 amide bonds. The van der Waals surface area contributed by atoms with E-state index in [1.54, 1.807) is 23.5 Å². The van der Waals surface area contributed by atoms with Gasteiger partial charge in [-0.25, -0.2) is 4.39 Å². The van der Waals surface area contributed by atoms with Crippen LogP contribution in [0.2, 0.25) is 0 Å². The van der Waals surface area contributed by atoms with E-state index in [9.17, 15) is 9.18 Å². The van der Waals surface area contributed by atoms with Crippen LogP contribution in [0, 0.1) is 5.82 Å². The van der Waals surface area contributed by atoms with Gasteiger partial charge in [0.05, 0.1) is 18.4 Å². The minimum Gasteiger partial charge on any atom is -0.491 e. The van der Waals surface area contributed by atoms with Crippen molar-refractivity contribution in [1.29, 1.82) is 0 Å². The Balaban J connectivity index is 1.27. The van der Waals surface area contributed by atoms with Crippen LogP contribution >= 0.6 is 11.3 Å². The number of hydrogen-bond acceptors (Lipinski definition) is 3. The zero-order valence-corrected chi connectivity index (χ0v) is 23.7. The molecular weight excluding hydrogens is 495 g/mol. The Morgan fingerprint density at radius 3 is 2.11 bits per heavy atom. The molecule has 0 saturated carbocycles. The number of carbonyl (C=O) groups excluding carboxylic acids is 1. The van der Waals surface area contributed by atoms with Gasteiger partial charge in [0.1, 0.15) is 0 Å². The van der Waals surface area contributed by atoms with Crippen LogP contribution in [0.25, 0.3) is 0 Å². The Bertz CT molecular complexity index is 1050. The molecule has 0 atom stereocenters. The molecule has 0 aliphatic rings. The van der Waals surface area contributed by atoms with Gasteiger partial charge in [0.25, 0.3) is 0 Å². The maximum atomic E-state index is 14.5. The van der Waals surface area contributed by atoms with E-state index in [2.05, 4.69) is 22.3 Å². The maximum Gasteiger partial charge on any atom is 0.228 e. The molecule has 1 aromatic heterocycles. The molecule has 6 heteroatoms. The van der Waals surface area contributed by atoms with Gasteiger partial charge in [-0.15, -0.1) is 0 Å². The van der Waals surface area contributed by atoms with E-state index in [-0.39, 0.29) is 18.1 Å². The topological polar surface area (TPSA) is 42.2 Å². The lowest BCUT2D eigenvalue weighted by molar-refractivity contribution is -0.683. The summed E-state index contributed by atoms with van der Waals surface area (Å²) in [5, 5.41) is 4.93. The highest BCUT2D eigenvalue weighted by molar-refractivity contribution is 7.07. The zero-order valence-electron chi connectivity index (χ0n) is 22.9. The number of aromatic nitrogens is 1. The van der Waals surface area contributed by atoms with Crippen molar-refractivity contribution in [3.05, 3.63) is 76.5 Å². The van der Waals surface area contributed by atoms with Crippen molar-refractivity contribution in [3.63, 3.8) is 0 Å². The van der Waals surface area contributed by atoms with Crippen LogP contribution in [-0.2, 0) is 17.8 Å². The Morgan fingerprint density at radius 2 is 1.50 bits per heavy atom. The second kappa shape index (κ2) is 17.7. The number of amides is 1. The maximum absolute atomic E-state index is 14.5. The Labute approximate surface area is 232 Å². The van der Waals surface area contributed by atoms with Gasteiger partial charge in [0.15, 0.2) is 24.3 Å². The summed E-state index contributed by atoms with van der Waals surface area (Å²) < 4.78 is 22.3. The summed E-state index contributed by atoms with van der Waals surface area (Å²) in [6, 6.07) is 12.6. The summed E-state index contributed by atoms with van der Waals surface area (Å²) in [6.45, 7) is 3.58. The first-order valence-corrected chi connectivity index (χ1v) is 15.3. The molecule has 1 heterocycles. The Kier molecular flexibility index (Phi) is 13.9. The van der Waals surface area contributed by atoms with Crippen LogP contribution in [0.5, 0.6) is 5.75 Å². The van der Waals surface area contributed by atoms with Gasteiger partial charge < -0.3 is 10.1 Å². The largest absolute Gasteiger partial charge is 0.491 e. The number of thiazole rings is 1. The third-order valence-corrected chi connectivity index (χ3v) is 7.42. The number of unbranched alkanes of at least 4 members (excludes halogenated alkanes) is 11. The zero-order chi connectivity index (χ0) is 26.8.